The largest absolute Gasteiger partial charge is 0.507 e. The fraction of sp³-hybridized carbons (Fsp3) is 0.222. The smallest absolute Gasteiger partial charge is 0.124 e. The van der Waals surface area contributed by atoms with Crippen LogP contribution in [0.25, 0.3) is 44.9 Å². The third kappa shape index (κ3) is 5.78. The van der Waals surface area contributed by atoms with Gasteiger partial charge in [0.1, 0.15) is 5.75 Å². The van der Waals surface area contributed by atoms with Gasteiger partial charge in [-0.15, -0.1) is 0 Å². The lowest BCUT2D eigenvalue weighted by Crippen LogP contribution is -2.16. The number of benzene rings is 3. The monoisotopic (exact) mass is 512 g/mol. The fourth-order valence-electron chi connectivity index (χ4n) is 4.72. The molecule has 1 N–H and O–H groups in total. The molecule has 0 spiro atoms. The van der Waals surface area contributed by atoms with Crippen molar-refractivity contribution in [3.8, 4) is 50.6 Å². The summed E-state index contributed by atoms with van der Waals surface area (Å²) in [4.78, 5) is 9.63. The van der Waals surface area contributed by atoms with Crippen molar-refractivity contribution in [2.75, 3.05) is 0 Å². The summed E-state index contributed by atoms with van der Waals surface area (Å²) in [5.74, 6) is 0.221. The average Bonchev–Trinajstić information content (AvgIpc) is 2.92. The zero-order chi connectivity index (χ0) is 27.8. The quantitative estimate of drug-likeness (QED) is 0.261. The lowest BCUT2D eigenvalue weighted by atomic mass is 9.78. The Morgan fingerprint density at radius 1 is 0.513 bits per heavy atom. The van der Waals surface area contributed by atoms with Crippen molar-refractivity contribution in [1.82, 2.24) is 9.97 Å². The Hall–Kier alpha value is -4.24. The number of rotatable bonds is 4. The van der Waals surface area contributed by atoms with Gasteiger partial charge in [0.2, 0.25) is 0 Å². The molecule has 2 aromatic heterocycles. The van der Waals surface area contributed by atoms with Crippen LogP contribution in [0.1, 0.15) is 52.7 Å². The van der Waals surface area contributed by atoms with Crippen LogP contribution < -0.4 is 0 Å². The summed E-state index contributed by atoms with van der Waals surface area (Å²) >= 11 is 0. The van der Waals surface area contributed by atoms with E-state index in [9.17, 15) is 5.11 Å². The second-order valence-corrected chi connectivity index (χ2v) is 12.2. The highest BCUT2D eigenvalue weighted by molar-refractivity contribution is 5.80. The molecule has 3 aromatic carbocycles. The van der Waals surface area contributed by atoms with E-state index in [1.54, 1.807) is 6.07 Å². The minimum atomic E-state index is 0.0189. The molecule has 0 fully saturated rings. The normalized spacial score (nSPS) is 11.9. The van der Waals surface area contributed by atoms with Crippen LogP contribution in [0.5, 0.6) is 5.75 Å². The van der Waals surface area contributed by atoms with E-state index < -0.39 is 0 Å². The molecule has 0 radical (unpaired) electrons. The van der Waals surface area contributed by atoms with Crippen LogP contribution >= 0.6 is 0 Å². The van der Waals surface area contributed by atoms with E-state index in [-0.39, 0.29) is 16.6 Å². The fourth-order valence-corrected chi connectivity index (χ4v) is 4.72. The lowest BCUT2D eigenvalue weighted by Gasteiger charge is -2.26. The van der Waals surface area contributed by atoms with Crippen molar-refractivity contribution < 1.29 is 5.11 Å². The topological polar surface area (TPSA) is 46.0 Å². The first-order valence-corrected chi connectivity index (χ1v) is 13.5. The zero-order valence-electron chi connectivity index (χ0n) is 23.7. The van der Waals surface area contributed by atoms with E-state index in [4.69, 9.17) is 4.98 Å². The Labute approximate surface area is 232 Å². The maximum Gasteiger partial charge on any atom is 0.124 e. The molecule has 0 saturated carbocycles. The molecule has 0 saturated heterocycles. The number of hydrogen-bond donors (Lipinski definition) is 1. The number of phenolic OH excluding ortho intramolecular Hbond substituents is 1. The molecule has 0 aliphatic rings. The Kier molecular flexibility index (Phi) is 6.86. The molecular formula is C36H36N2O. The predicted octanol–water partition coefficient (Wildman–Crippen LogP) is 9.45. The van der Waals surface area contributed by atoms with Crippen LogP contribution in [-0.2, 0) is 10.8 Å². The number of para-hydroxylation sites is 1. The van der Waals surface area contributed by atoms with E-state index in [0.717, 1.165) is 33.8 Å². The summed E-state index contributed by atoms with van der Waals surface area (Å²) in [6.45, 7) is 13.6. The molecule has 5 aromatic rings. The van der Waals surface area contributed by atoms with Gasteiger partial charge >= 0.3 is 0 Å². The van der Waals surface area contributed by atoms with Crippen molar-refractivity contribution in [2.24, 2.45) is 0 Å². The number of phenols is 1. The van der Waals surface area contributed by atoms with E-state index >= 15 is 0 Å². The van der Waals surface area contributed by atoms with Gasteiger partial charge in [-0.1, -0.05) is 84.0 Å². The van der Waals surface area contributed by atoms with Gasteiger partial charge in [0.25, 0.3) is 0 Å². The molecule has 39 heavy (non-hydrogen) atoms. The van der Waals surface area contributed by atoms with Crippen LogP contribution in [-0.4, -0.2) is 15.1 Å². The SMILES string of the molecule is CC(C)(C)c1cc(-c2cc(-c3ccccn3)cc(-c3cccc(-c4ccccc4O)n3)c2)cc(C(C)(C)C)c1. The zero-order valence-corrected chi connectivity index (χ0v) is 23.7. The first-order valence-electron chi connectivity index (χ1n) is 13.5. The molecule has 3 nitrogen and oxygen atoms in total. The molecule has 0 aliphatic carbocycles. The molecular weight excluding hydrogens is 476 g/mol. The number of aromatic hydroxyl groups is 1. The number of nitrogens with zero attached hydrogens (tertiary/aromatic N) is 2. The molecule has 5 rings (SSSR count). The van der Waals surface area contributed by atoms with Crippen molar-refractivity contribution in [3.63, 3.8) is 0 Å². The van der Waals surface area contributed by atoms with E-state index in [1.807, 2.05) is 60.8 Å². The standard InChI is InChI=1S/C36H36N2O/c1-35(2,3)28-21-25(22-29(23-28)36(4,5)6)24-18-26(31-13-9-10-17-37-31)20-27(19-24)32-14-11-15-33(38-32)30-12-7-8-16-34(30)39/h7-23,39H,1-6H3. The summed E-state index contributed by atoms with van der Waals surface area (Å²) in [7, 11) is 0. The predicted molar refractivity (Wildman–Crippen MR) is 163 cm³/mol. The molecule has 0 atom stereocenters. The maximum atomic E-state index is 10.4. The van der Waals surface area contributed by atoms with Crippen LogP contribution in [0.3, 0.4) is 0 Å². The summed E-state index contributed by atoms with van der Waals surface area (Å²) in [5.41, 5.74) is 10.2. The number of aromatic nitrogens is 2. The second-order valence-electron chi connectivity index (χ2n) is 12.2. The second kappa shape index (κ2) is 10.1. The minimum Gasteiger partial charge on any atom is -0.507 e. The number of hydrogen-bond acceptors (Lipinski definition) is 3. The van der Waals surface area contributed by atoms with Crippen molar-refractivity contribution >= 4 is 0 Å². The molecule has 0 amide bonds. The van der Waals surface area contributed by atoms with E-state index in [1.165, 1.54) is 16.7 Å². The van der Waals surface area contributed by atoms with Gasteiger partial charge in [-0.05, 0) is 87.7 Å². The van der Waals surface area contributed by atoms with Gasteiger partial charge < -0.3 is 5.11 Å². The maximum absolute atomic E-state index is 10.4. The first-order chi connectivity index (χ1) is 18.5. The minimum absolute atomic E-state index is 0.0189. The third-order valence-electron chi connectivity index (χ3n) is 7.12. The van der Waals surface area contributed by atoms with Gasteiger partial charge in [-0.25, -0.2) is 4.98 Å². The number of pyridine rings is 2. The summed E-state index contributed by atoms with van der Waals surface area (Å²) < 4.78 is 0. The summed E-state index contributed by atoms with van der Waals surface area (Å²) in [6.07, 6.45) is 1.83. The Balaban J connectivity index is 1.73. The van der Waals surface area contributed by atoms with Crippen molar-refractivity contribution in [1.29, 1.82) is 0 Å². The molecule has 0 aliphatic heterocycles. The van der Waals surface area contributed by atoms with Crippen LogP contribution in [0, 0.1) is 0 Å². The van der Waals surface area contributed by atoms with E-state index in [0.29, 0.717) is 5.56 Å². The highest BCUT2D eigenvalue weighted by Crippen LogP contribution is 2.37. The Morgan fingerprint density at radius 3 is 1.67 bits per heavy atom. The molecule has 3 heteroatoms. The van der Waals surface area contributed by atoms with Crippen LogP contribution in [0.2, 0.25) is 0 Å². The van der Waals surface area contributed by atoms with E-state index in [2.05, 4.69) is 82.9 Å². The summed E-state index contributed by atoms with van der Waals surface area (Å²) in [6, 6.07) is 32.9. The van der Waals surface area contributed by atoms with Gasteiger partial charge in [0.05, 0.1) is 17.1 Å². The van der Waals surface area contributed by atoms with Crippen LogP contribution in [0.4, 0.5) is 0 Å². The van der Waals surface area contributed by atoms with Crippen LogP contribution in [0.15, 0.2) is 103 Å². The third-order valence-corrected chi connectivity index (χ3v) is 7.12. The average molecular weight is 513 g/mol. The van der Waals surface area contributed by atoms with Crippen molar-refractivity contribution in [2.45, 2.75) is 52.4 Å². The molecule has 196 valence electrons. The lowest BCUT2D eigenvalue weighted by molar-refractivity contribution is 0.477. The Bertz CT molecular complexity index is 1590. The Morgan fingerprint density at radius 2 is 1.05 bits per heavy atom. The van der Waals surface area contributed by atoms with Gasteiger partial charge in [0, 0.05) is 22.9 Å². The van der Waals surface area contributed by atoms with Gasteiger partial charge in [-0.3, -0.25) is 4.98 Å². The summed E-state index contributed by atoms with van der Waals surface area (Å²) in [5, 5.41) is 10.4. The van der Waals surface area contributed by atoms with Gasteiger partial charge in [-0.2, -0.15) is 0 Å². The highest BCUT2D eigenvalue weighted by atomic mass is 16.3. The molecule has 2 heterocycles. The molecule has 0 unspecified atom stereocenters. The highest BCUT2D eigenvalue weighted by Gasteiger charge is 2.21. The van der Waals surface area contributed by atoms with Crippen molar-refractivity contribution in [3.05, 3.63) is 114 Å². The van der Waals surface area contributed by atoms with Gasteiger partial charge in [0.15, 0.2) is 0 Å². The molecule has 0 bridgehead atoms. The first kappa shape index (κ1) is 26.4.